The Morgan fingerprint density at radius 1 is 1.23 bits per heavy atom. The Labute approximate surface area is 177 Å². The van der Waals surface area contributed by atoms with E-state index in [4.69, 9.17) is 4.74 Å². The van der Waals surface area contributed by atoms with Crippen LogP contribution in [0.4, 0.5) is 0 Å². The van der Waals surface area contributed by atoms with Crippen LogP contribution < -0.4 is 5.56 Å². The second kappa shape index (κ2) is 8.29. The van der Waals surface area contributed by atoms with Gasteiger partial charge in [-0.1, -0.05) is 6.92 Å². The van der Waals surface area contributed by atoms with Crippen LogP contribution in [0.1, 0.15) is 35.8 Å². The molecule has 8 nitrogen and oxygen atoms in total. The van der Waals surface area contributed by atoms with Gasteiger partial charge in [-0.15, -0.1) is 11.3 Å². The molecular weight excluding hydrogens is 426 g/mol. The average molecular weight is 448 g/mol. The fourth-order valence-electron chi connectivity index (χ4n) is 3.32. The van der Waals surface area contributed by atoms with Crippen molar-refractivity contribution in [2.75, 3.05) is 13.1 Å². The van der Waals surface area contributed by atoms with Gasteiger partial charge in [0.2, 0.25) is 10.0 Å². The summed E-state index contributed by atoms with van der Waals surface area (Å²) in [6, 6.07) is 7.04. The molecule has 1 aromatic carbocycles. The number of carbonyl (C=O) groups excluding carboxylic acids is 1. The van der Waals surface area contributed by atoms with E-state index >= 15 is 0 Å². The number of hydrogen-bond donors (Lipinski definition) is 0. The number of rotatable bonds is 5. The van der Waals surface area contributed by atoms with Crippen molar-refractivity contribution in [2.24, 2.45) is 5.92 Å². The summed E-state index contributed by atoms with van der Waals surface area (Å²) in [7, 11) is -3.57. The van der Waals surface area contributed by atoms with Crippen LogP contribution in [0.5, 0.6) is 0 Å². The fraction of sp³-hybridized carbons (Fsp3) is 0.350. The van der Waals surface area contributed by atoms with Gasteiger partial charge in [-0.05, 0) is 43.0 Å². The summed E-state index contributed by atoms with van der Waals surface area (Å²) < 4.78 is 33.7. The van der Waals surface area contributed by atoms with Crippen molar-refractivity contribution in [3.8, 4) is 0 Å². The van der Waals surface area contributed by atoms with Gasteiger partial charge in [-0.3, -0.25) is 9.20 Å². The minimum Gasteiger partial charge on any atom is -0.456 e. The zero-order chi connectivity index (χ0) is 21.3. The normalized spacial score (nSPS) is 16.0. The molecule has 1 aliphatic heterocycles. The van der Waals surface area contributed by atoms with Gasteiger partial charge in [0.15, 0.2) is 4.96 Å². The summed E-state index contributed by atoms with van der Waals surface area (Å²) in [5.74, 6) is -0.0844. The van der Waals surface area contributed by atoms with Gasteiger partial charge in [0.05, 0.1) is 16.2 Å². The SMILES string of the molecule is CC1CCN(S(=O)(=O)c2ccc(C(=O)OCc3cc(=O)n4ccsc4n3)cc2)CC1. The fourth-order valence-corrected chi connectivity index (χ4v) is 5.53. The van der Waals surface area contributed by atoms with E-state index in [0.29, 0.717) is 29.7 Å². The first-order chi connectivity index (χ1) is 14.3. The van der Waals surface area contributed by atoms with Gasteiger partial charge < -0.3 is 4.74 Å². The summed E-state index contributed by atoms with van der Waals surface area (Å²) in [6.45, 7) is 2.99. The van der Waals surface area contributed by atoms with E-state index < -0.39 is 16.0 Å². The van der Waals surface area contributed by atoms with Crippen molar-refractivity contribution in [3.63, 3.8) is 0 Å². The highest BCUT2D eigenvalue weighted by Gasteiger charge is 2.28. The summed E-state index contributed by atoms with van der Waals surface area (Å²) in [5.41, 5.74) is 0.346. The molecule has 0 bridgehead atoms. The lowest BCUT2D eigenvalue weighted by atomic mass is 10.0. The highest BCUT2D eigenvalue weighted by Crippen LogP contribution is 2.23. The molecular formula is C20H21N3O5S2. The molecule has 0 amide bonds. The minimum atomic E-state index is -3.57. The number of esters is 1. The third kappa shape index (κ3) is 4.16. The highest BCUT2D eigenvalue weighted by atomic mass is 32.2. The number of fused-ring (bicyclic) bond motifs is 1. The van der Waals surface area contributed by atoms with E-state index in [1.165, 1.54) is 50.4 Å². The lowest BCUT2D eigenvalue weighted by Gasteiger charge is -2.29. The molecule has 0 radical (unpaired) electrons. The van der Waals surface area contributed by atoms with Crippen molar-refractivity contribution in [1.82, 2.24) is 13.7 Å². The smallest absolute Gasteiger partial charge is 0.338 e. The van der Waals surface area contributed by atoms with Gasteiger partial charge in [0.25, 0.3) is 5.56 Å². The summed E-state index contributed by atoms with van der Waals surface area (Å²) in [5, 5.41) is 1.75. The maximum atomic E-state index is 12.8. The molecule has 0 N–H and O–H groups in total. The molecule has 3 heterocycles. The van der Waals surface area contributed by atoms with Crippen molar-refractivity contribution >= 4 is 32.3 Å². The van der Waals surface area contributed by atoms with Crippen LogP contribution in [-0.4, -0.2) is 41.2 Å². The maximum Gasteiger partial charge on any atom is 0.338 e. The number of piperidine rings is 1. The van der Waals surface area contributed by atoms with E-state index in [-0.39, 0.29) is 22.6 Å². The van der Waals surface area contributed by atoms with Gasteiger partial charge in [0, 0.05) is 30.7 Å². The standard InChI is InChI=1S/C20H21N3O5S2/c1-14-6-8-22(9-7-14)30(26,27)17-4-2-15(3-5-17)19(25)28-13-16-12-18(24)23-10-11-29-20(23)21-16/h2-5,10-12,14H,6-9,13H2,1H3. The molecule has 1 aliphatic rings. The van der Waals surface area contributed by atoms with Crippen LogP contribution >= 0.6 is 11.3 Å². The topological polar surface area (TPSA) is 98.0 Å². The molecule has 1 saturated heterocycles. The number of hydrogen-bond acceptors (Lipinski definition) is 7. The number of ether oxygens (including phenoxy) is 1. The zero-order valence-electron chi connectivity index (χ0n) is 16.4. The lowest BCUT2D eigenvalue weighted by molar-refractivity contribution is 0.0467. The van der Waals surface area contributed by atoms with Crippen LogP contribution in [0.3, 0.4) is 0 Å². The first-order valence-electron chi connectivity index (χ1n) is 9.58. The first kappa shape index (κ1) is 20.7. The maximum absolute atomic E-state index is 12.8. The molecule has 0 saturated carbocycles. The number of sulfonamides is 1. The van der Waals surface area contributed by atoms with Gasteiger partial charge in [-0.2, -0.15) is 4.31 Å². The van der Waals surface area contributed by atoms with E-state index in [1.54, 1.807) is 11.6 Å². The average Bonchev–Trinajstić information content (AvgIpc) is 3.22. The minimum absolute atomic E-state index is 0.144. The number of nitrogens with zero attached hydrogens (tertiary/aromatic N) is 3. The Balaban J connectivity index is 1.43. The predicted molar refractivity (Wildman–Crippen MR) is 112 cm³/mol. The monoisotopic (exact) mass is 447 g/mol. The van der Waals surface area contributed by atoms with Gasteiger partial charge >= 0.3 is 5.97 Å². The van der Waals surface area contributed by atoms with Crippen LogP contribution in [0, 0.1) is 5.92 Å². The van der Waals surface area contributed by atoms with Crippen LogP contribution in [0.2, 0.25) is 0 Å². The largest absolute Gasteiger partial charge is 0.456 e. The lowest BCUT2D eigenvalue weighted by Crippen LogP contribution is -2.37. The van der Waals surface area contributed by atoms with E-state index in [0.717, 1.165) is 12.8 Å². The molecule has 10 heteroatoms. The second-order valence-corrected chi connectivity index (χ2v) is 10.1. The number of benzene rings is 1. The molecule has 2 aromatic heterocycles. The van der Waals surface area contributed by atoms with E-state index in [2.05, 4.69) is 11.9 Å². The number of thiazole rings is 1. The Bertz CT molecular complexity index is 1220. The third-order valence-corrected chi connectivity index (χ3v) is 7.85. The van der Waals surface area contributed by atoms with Crippen LogP contribution in [0.25, 0.3) is 4.96 Å². The molecule has 30 heavy (non-hydrogen) atoms. The summed E-state index contributed by atoms with van der Waals surface area (Å²) in [6.07, 6.45) is 3.32. The summed E-state index contributed by atoms with van der Waals surface area (Å²) in [4.78, 5) is 29.3. The second-order valence-electron chi connectivity index (χ2n) is 7.33. The Hall–Kier alpha value is -2.56. The van der Waals surface area contributed by atoms with Gasteiger partial charge in [-0.25, -0.2) is 18.2 Å². The van der Waals surface area contributed by atoms with Crippen molar-refractivity contribution < 1.29 is 17.9 Å². The Morgan fingerprint density at radius 2 is 1.93 bits per heavy atom. The van der Waals surface area contributed by atoms with Crippen molar-refractivity contribution in [2.45, 2.75) is 31.3 Å². The van der Waals surface area contributed by atoms with Crippen LogP contribution in [-0.2, 0) is 21.4 Å². The van der Waals surface area contributed by atoms with E-state index in [9.17, 15) is 18.0 Å². The van der Waals surface area contributed by atoms with Gasteiger partial charge in [0.1, 0.15) is 6.61 Å². The highest BCUT2D eigenvalue weighted by molar-refractivity contribution is 7.89. The third-order valence-electron chi connectivity index (χ3n) is 5.18. The van der Waals surface area contributed by atoms with E-state index in [1.807, 2.05) is 0 Å². The molecule has 0 atom stereocenters. The molecule has 3 aromatic rings. The molecule has 0 unspecified atom stereocenters. The first-order valence-corrected chi connectivity index (χ1v) is 11.9. The molecule has 1 fully saturated rings. The summed E-state index contributed by atoms with van der Waals surface area (Å²) >= 11 is 1.31. The van der Waals surface area contributed by atoms with Crippen LogP contribution in [0.15, 0.2) is 51.6 Å². The molecule has 158 valence electrons. The Morgan fingerprint density at radius 3 is 2.63 bits per heavy atom. The van der Waals surface area contributed by atoms with Crippen molar-refractivity contribution in [1.29, 1.82) is 0 Å². The zero-order valence-corrected chi connectivity index (χ0v) is 18.0. The molecule has 4 rings (SSSR count). The van der Waals surface area contributed by atoms with Crippen molar-refractivity contribution in [3.05, 3.63) is 63.5 Å². The molecule has 0 aliphatic carbocycles. The number of aromatic nitrogens is 2. The molecule has 0 spiro atoms. The Kier molecular flexibility index (Phi) is 5.72. The predicted octanol–water partition coefficient (Wildman–Crippen LogP) is 2.53. The number of carbonyl (C=O) groups is 1. The quantitative estimate of drug-likeness (QED) is 0.558.